The highest BCUT2D eigenvalue weighted by atomic mass is 19.4. The number of hydrogen-bond donors (Lipinski definition) is 1. The predicted molar refractivity (Wildman–Crippen MR) is 84.0 cm³/mol. The molecule has 0 radical (unpaired) electrons. The van der Waals surface area contributed by atoms with Crippen molar-refractivity contribution in [3.05, 3.63) is 53.2 Å². The molecule has 1 heterocycles. The molecule has 2 rings (SSSR count). The van der Waals surface area contributed by atoms with Gasteiger partial charge in [-0.1, -0.05) is 19.1 Å². The molecule has 0 fully saturated rings. The third-order valence-electron chi connectivity index (χ3n) is 3.63. The number of amides is 1. The Labute approximate surface area is 145 Å². The zero-order valence-electron chi connectivity index (χ0n) is 13.4. The summed E-state index contributed by atoms with van der Waals surface area (Å²) in [7, 11) is 0. The van der Waals surface area contributed by atoms with Crippen LogP contribution in [0.2, 0.25) is 0 Å². The van der Waals surface area contributed by atoms with Crippen LogP contribution in [0.15, 0.2) is 41.5 Å². The summed E-state index contributed by atoms with van der Waals surface area (Å²) >= 11 is 0. The van der Waals surface area contributed by atoms with Gasteiger partial charge in [-0.3, -0.25) is 4.79 Å². The van der Waals surface area contributed by atoms with E-state index < -0.39 is 35.0 Å². The average molecular weight is 376 g/mol. The first-order valence-corrected chi connectivity index (χ1v) is 7.48. The van der Waals surface area contributed by atoms with Crippen molar-refractivity contribution in [2.75, 3.05) is 0 Å². The molecule has 0 saturated heterocycles. The zero-order chi connectivity index (χ0) is 19.5. The number of halogens is 6. The van der Waals surface area contributed by atoms with E-state index in [9.17, 15) is 31.1 Å². The molecule has 1 amide bonds. The Morgan fingerprint density at radius 2 is 1.88 bits per heavy atom. The molecule has 0 spiro atoms. The van der Waals surface area contributed by atoms with Crippen LogP contribution in [0.1, 0.15) is 30.0 Å². The van der Waals surface area contributed by atoms with Gasteiger partial charge < -0.3 is 5.32 Å². The van der Waals surface area contributed by atoms with Gasteiger partial charge in [0.05, 0.1) is 11.1 Å². The van der Waals surface area contributed by atoms with Crippen molar-refractivity contribution in [3.8, 4) is 0 Å². The van der Waals surface area contributed by atoms with E-state index in [0.717, 1.165) is 12.2 Å². The lowest BCUT2D eigenvalue weighted by atomic mass is 10.0. The van der Waals surface area contributed by atoms with Crippen LogP contribution in [0.3, 0.4) is 0 Å². The molecular weight excluding hydrogens is 362 g/mol. The average Bonchev–Trinajstić information content (AvgIpc) is 2.53. The van der Waals surface area contributed by atoms with Crippen LogP contribution in [0.4, 0.5) is 26.3 Å². The minimum atomic E-state index is -5.00. The number of alkyl halides is 6. The summed E-state index contributed by atoms with van der Waals surface area (Å²) in [5.41, 5.74) is -3.43. The van der Waals surface area contributed by atoms with Gasteiger partial charge >= 0.3 is 12.4 Å². The lowest BCUT2D eigenvalue weighted by Gasteiger charge is -2.16. The number of carbonyl (C=O) groups is 1. The van der Waals surface area contributed by atoms with Crippen molar-refractivity contribution in [1.82, 2.24) is 5.32 Å². The molecule has 1 unspecified atom stereocenters. The molecule has 0 saturated carbocycles. The Hall–Kier alpha value is -2.58. The lowest BCUT2D eigenvalue weighted by Crippen LogP contribution is -2.34. The fourth-order valence-corrected chi connectivity index (χ4v) is 2.25. The molecule has 1 aromatic rings. The normalized spacial score (nSPS) is 18.1. The second-order valence-corrected chi connectivity index (χ2v) is 5.66. The number of nitrogens with one attached hydrogen (secondary N) is 1. The van der Waals surface area contributed by atoms with Gasteiger partial charge in [0.15, 0.2) is 0 Å². The number of benzene rings is 1. The maximum atomic E-state index is 13.0. The van der Waals surface area contributed by atoms with Gasteiger partial charge in [-0.2, -0.15) is 26.3 Å². The standard InChI is InChI=1S/C17H14F6N2O/c1-10-3-2-8-24-15(10)25-14(26)7-5-11-4-6-12(16(18,19)20)9-13(11)17(21,22)23/h2,4-10H,3H2,1H3,(H,24,25,26)/b7-5+. The summed E-state index contributed by atoms with van der Waals surface area (Å²) in [6.07, 6.45) is -4.30. The van der Waals surface area contributed by atoms with Gasteiger partial charge in [-0.25, -0.2) is 4.99 Å². The van der Waals surface area contributed by atoms with Crippen molar-refractivity contribution in [3.63, 3.8) is 0 Å². The fourth-order valence-electron chi connectivity index (χ4n) is 2.25. The van der Waals surface area contributed by atoms with Crippen LogP contribution in [0, 0.1) is 5.92 Å². The molecule has 0 aliphatic carbocycles. The molecule has 1 N–H and O–H groups in total. The summed E-state index contributed by atoms with van der Waals surface area (Å²) in [6.45, 7) is 1.81. The van der Waals surface area contributed by atoms with E-state index >= 15 is 0 Å². The minimum absolute atomic E-state index is 0.0235. The van der Waals surface area contributed by atoms with Gasteiger partial charge in [-0.05, 0) is 30.2 Å². The highest BCUT2D eigenvalue weighted by molar-refractivity contribution is 6.05. The predicted octanol–water partition coefficient (Wildman–Crippen LogP) is 4.81. The minimum Gasteiger partial charge on any atom is -0.310 e. The number of nitrogens with zero attached hydrogens (tertiary/aromatic N) is 1. The van der Waals surface area contributed by atoms with Gasteiger partial charge in [0.1, 0.15) is 5.84 Å². The number of aliphatic imine (C=N–C) groups is 1. The third kappa shape index (κ3) is 4.96. The van der Waals surface area contributed by atoms with Gasteiger partial charge in [-0.15, -0.1) is 0 Å². The summed E-state index contributed by atoms with van der Waals surface area (Å²) in [6, 6.07) is 1.24. The summed E-state index contributed by atoms with van der Waals surface area (Å²) in [4.78, 5) is 15.8. The van der Waals surface area contributed by atoms with E-state index in [1.807, 2.05) is 6.92 Å². The zero-order valence-corrected chi connectivity index (χ0v) is 13.4. The highest BCUT2D eigenvalue weighted by Gasteiger charge is 2.37. The number of hydrogen-bond acceptors (Lipinski definition) is 2. The van der Waals surface area contributed by atoms with E-state index in [4.69, 9.17) is 0 Å². The van der Waals surface area contributed by atoms with E-state index in [0.29, 0.717) is 24.4 Å². The van der Waals surface area contributed by atoms with Crippen LogP contribution in [0.5, 0.6) is 0 Å². The highest BCUT2D eigenvalue weighted by Crippen LogP contribution is 2.37. The van der Waals surface area contributed by atoms with Crippen molar-refractivity contribution in [2.24, 2.45) is 10.9 Å². The molecule has 0 bridgehead atoms. The molecule has 1 aliphatic rings. The van der Waals surface area contributed by atoms with Crippen LogP contribution in [-0.2, 0) is 17.1 Å². The van der Waals surface area contributed by atoms with Crippen molar-refractivity contribution in [2.45, 2.75) is 25.7 Å². The Balaban J connectivity index is 2.25. The maximum Gasteiger partial charge on any atom is 0.417 e. The number of allylic oxidation sites excluding steroid dienone is 1. The SMILES string of the molecule is CC1CC=CN=C1NC(=O)/C=C/c1ccc(C(F)(F)F)cc1C(F)(F)F. The third-order valence-corrected chi connectivity index (χ3v) is 3.63. The molecule has 1 aliphatic heterocycles. The number of rotatable bonds is 2. The molecule has 0 aromatic heterocycles. The first-order valence-electron chi connectivity index (χ1n) is 7.48. The second-order valence-electron chi connectivity index (χ2n) is 5.66. The second kappa shape index (κ2) is 7.35. The summed E-state index contributed by atoms with van der Waals surface area (Å²) in [5.74, 6) is -0.418. The summed E-state index contributed by atoms with van der Waals surface area (Å²) < 4.78 is 77.0. The van der Waals surface area contributed by atoms with Gasteiger partial charge in [0.2, 0.25) is 5.91 Å². The monoisotopic (exact) mass is 376 g/mol. The summed E-state index contributed by atoms with van der Waals surface area (Å²) in [5, 5.41) is 2.44. The number of amidine groups is 1. The Bertz CT molecular complexity index is 774. The van der Waals surface area contributed by atoms with Crippen molar-refractivity contribution < 1.29 is 31.1 Å². The molecule has 140 valence electrons. The smallest absolute Gasteiger partial charge is 0.310 e. The van der Waals surface area contributed by atoms with Crippen LogP contribution < -0.4 is 5.32 Å². The molecule has 3 nitrogen and oxygen atoms in total. The quantitative estimate of drug-likeness (QED) is 0.584. The fraction of sp³-hybridized carbons (Fsp3) is 0.294. The van der Waals surface area contributed by atoms with E-state index in [1.165, 1.54) is 6.20 Å². The van der Waals surface area contributed by atoms with Crippen molar-refractivity contribution >= 4 is 17.8 Å². The molecule has 9 heteroatoms. The van der Waals surface area contributed by atoms with Crippen LogP contribution >= 0.6 is 0 Å². The maximum absolute atomic E-state index is 13.0. The van der Waals surface area contributed by atoms with Crippen LogP contribution in [-0.4, -0.2) is 11.7 Å². The van der Waals surface area contributed by atoms with Gasteiger partial charge in [0.25, 0.3) is 0 Å². The van der Waals surface area contributed by atoms with Crippen molar-refractivity contribution in [1.29, 1.82) is 0 Å². The topological polar surface area (TPSA) is 41.5 Å². The first-order chi connectivity index (χ1) is 12.0. The molecular formula is C17H14F6N2O. The largest absolute Gasteiger partial charge is 0.417 e. The Kier molecular flexibility index (Phi) is 5.58. The molecule has 1 aromatic carbocycles. The van der Waals surface area contributed by atoms with E-state index in [-0.39, 0.29) is 12.0 Å². The number of carbonyl (C=O) groups excluding carboxylic acids is 1. The molecule has 1 atom stereocenters. The van der Waals surface area contributed by atoms with E-state index in [1.54, 1.807) is 6.08 Å². The lowest BCUT2D eigenvalue weighted by molar-refractivity contribution is -0.143. The first kappa shape index (κ1) is 19.7. The van der Waals surface area contributed by atoms with E-state index in [2.05, 4.69) is 10.3 Å². The van der Waals surface area contributed by atoms with Crippen LogP contribution in [0.25, 0.3) is 6.08 Å². The Morgan fingerprint density at radius 1 is 1.19 bits per heavy atom. The Morgan fingerprint density at radius 3 is 2.46 bits per heavy atom. The van der Waals surface area contributed by atoms with Gasteiger partial charge in [0, 0.05) is 18.2 Å². The molecule has 26 heavy (non-hydrogen) atoms.